The van der Waals surface area contributed by atoms with Gasteiger partial charge in [-0.25, -0.2) is 4.98 Å². The number of aromatic nitrogens is 1. The summed E-state index contributed by atoms with van der Waals surface area (Å²) < 4.78 is 5.78. The second-order valence-electron chi connectivity index (χ2n) is 5.98. The van der Waals surface area contributed by atoms with Gasteiger partial charge in [0.15, 0.2) is 0 Å². The molecule has 0 spiro atoms. The molecule has 0 radical (unpaired) electrons. The standard InChI is InChI=1S/C19H16ClN3O2S/c1-23(14-5-3-2-4-13(14)20)19(24)16-8-11-6-7-25-15-9-17(21)22-10-12(15)18(11)26-16/h2-5,8-10H,6-7H2,1H3,(H2,21,22). The monoisotopic (exact) mass is 385 g/mol. The lowest BCUT2D eigenvalue weighted by molar-refractivity contribution is 0.0997. The minimum Gasteiger partial charge on any atom is -0.492 e. The Labute approximate surface area is 160 Å². The highest BCUT2D eigenvalue weighted by Crippen LogP contribution is 2.41. The fourth-order valence-electron chi connectivity index (χ4n) is 2.96. The number of amides is 1. The molecule has 26 heavy (non-hydrogen) atoms. The minimum absolute atomic E-state index is 0.0953. The van der Waals surface area contributed by atoms with Crippen LogP contribution in [0.15, 0.2) is 42.6 Å². The second kappa shape index (κ2) is 6.63. The van der Waals surface area contributed by atoms with E-state index in [1.807, 2.05) is 24.3 Å². The molecule has 3 aromatic rings. The fraction of sp³-hybridized carbons (Fsp3) is 0.158. The first-order valence-corrected chi connectivity index (χ1v) is 9.28. The average Bonchev–Trinajstić information content (AvgIpc) is 2.98. The Morgan fingerprint density at radius 2 is 2.15 bits per heavy atom. The zero-order valence-electron chi connectivity index (χ0n) is 14.0. The van der Waals surface area contributed by atoms with Crippen molar-refractivity contribution in [2.24, 2.45) is 0 Å². The maximum atomic E-state index is 13.0. The van der Waals surface area contributed by atoms with Crippen LogP contribution < -0.4 is 15.4 Å². The van der Waals surface area contributed by atoms with Crippen LogP contribution in [0.5, 0.6) is 5.75 Å². The SMILES string of the molecule is CN(C(=O)c1cc2c(s1)-c1cnc(N)cc1OCC2)c1ccccc1Cl. The Hall–Kier alpha value is -2.57. The highest BCUT2D eigenvalue weighted by molar-refractivity contribution is 7.17. The quantitative estimate of drug-likeness (QED) is 0.715. The van der Waals surface area contributed by atoms with Crippen molar-refractivity contribution >= 4 is 40.4 Å². The van der Waals surface area contributed by atoms with E-state index in [0.29, 0.717) is 33.8 Å². The lowest BCUT2D eigenvalue weighted by Crippen LogP contribution is -2.25. The highest BCUT2D eigenvalue weighted by Gasteiger charge is 2.24. The van der Waals surface area contributed by atoms with E-state index < -0.39 is 0 Å². The minimum atomic E-state index is -0.0953. The van der Waals surface area contributed by atoms with Gasteiger partial charge in [0.25, 0.3) is 5.91 Å². The summed E-state index contributed by atoms with van der Waals surface area (Å²) in [5.41, 5.74) is 8.40. The molecule has 0 saturated heterocycles. The van der Waals surface area contributed by atoms with Crippen LogP contribution >= 0.6 is 22.9 Å². The molecule has 1 aliphatic heterocycles. The van der Waals surface area contributed by atoms with Gasteiger partial charge in [-0.05, 0) is 23.8 Å². The van der Waals surface area contributed by atoms with Crippen LogP contribution in [0.25, 0.3) is 10.4 Å². The van der Waals surface area contributed by atoms with Crippen LogP contribution in [0, 0.1) is 0 Å². The lowest BCUT2D eigenvalue weighted by atomic mass is 10.1. The van der Waals surface area contributed by atoms with Crippen molar-refractivity contribution in [3.63, 3.8) is 0 Å². The predicted molar refractivity (Wildman–Crippen MR) is 105 cm³/mol. The Bertz CT molecular complexity index is 1000. The molecule has 0 saturated carbocycles. The molecule has 1 aliphatic rings. The van der Waals surface area contributed by atoms with Gasteiger partial charge in [-0.1, -0.05) is 23.7 Å². The second-order valence-corrected chi connectivity index (χ2v) is 7.44. The van der Waals surface area contributed by atoms with Gasteiger partial charge in [-0.2, -0.15) is 0 Å². The molecule has 3 heterocycles. The van der Waals surface area contributed by atoms with Gasteiger partial charge in [0, 0.05) is 30.6 Å². The zero-order valence-corrected chi connectivity index (χ0v) is 15.6. The first-order valence-electron chi connectivity index (χ1n) is 8.08. The third-order valence-corrected chi connectivity index (χ3v) is 5.82. The molecule has 1 aromatic carbocycles. The number of anilines is 2. The number of nitrogen functional groups attached to an aromatic ring is 1. The van der Waals surface area contributed by atoms with Crippen LogP contribution in [-0.4, -0.2) is 24.5 Å². The van der Waals surface area contributed by atoms with Gasteiger partial charge in [-0.15, -0.1) is 11.3 Å². The van der Waals surface area contributed by atoms with E-state index >= 15 is 0 Å². The molecule has 1 amide bonds. The van der Waals surface area contributed by atoms with E-state index in [1.165, 1.54) is 11.3 Å². The number of hydrogen-bond donors (Lipinski definition) is 1. The Balaban J connectivity index is 1.73. The Morgan fingerprint density at radius 1 is 1.35 bits per heavy atom. The van der Waals surface area contributed by atoms with Gasteiger partial charge in [0.2, 0.25) is 0 Å². The lowest BCUT2D eigenvalue weighted by Gasteiger charge is -2.17. The van der Waals surface area contributed by atoms with Crippen LogP contribution in [-0.2, 0) is 6.42 Å². The van der Waals surface area contributed by atoms with Crippen molar-refractivity contribution in [3.05, 3.63) is 58.1 Å². The highest BCUT2D eigenvalue weighted by atomic mass is 35.5. The molecule has 0 atom stereocenters. The topological polar surface area (TPSA) is 68.5 Å². The summed E-state index contributed by atoms with van der Waals surface area (Å²) in [7, 11) is 1.73. The molecular formula is C19H16ClN3O2S. The molecule has 7 heteroatoms. The summed E-state index contributed by atoms with van der Waals surface area (Å²) >= 11 is 7.67. The molecule has 0 fully saturated rings. The summed E-state index contributed by atoms with van der Waals surface area (Å²) in [6.07, 6.45) is 2.43. The maximum Gasteiger partial charge on any atom is 0.268 e. The molecule has 2 aromatic heterocycles. The van der Waals surface area contributed by atoms with Crippen LogP contribution in [0.1, 0.15) is 15.2 Å². The molecule has 2 N–H and O–H groups in total. The largest absolute Gasteiger partial charge is 0.492 e. The number of carbonyl (C=O) groups is 1. The van der Waals surface area contributed by atoms with Crippen molar-refractivity contribution < 1.29 is 9.53 Å². The van der Waals surface area contributed by atoms with Crippen molar-refractivity contribution in [2.75, 3.05) is 24.3 Å². The number of halogens is 1. The van der Waals surface area contributed by atoms with E-state index in [2.05, 4.69) is 4.98 Å². The molecule has 0 unspecified atom stereocenters. The number of ether oxygens (including phenoxy) is 1. The van der Waals surface area contributed by atoms with Gasteiger partial charge >= 0.3 is 0 Å². The molecule has 132 valence electrons. The van der Waals surface area contributed by atoms with Crippen molar-refractivity contribution in [2.45, 2.75) is 6.42 Å². The normalized spacial score (nSPS) is 12.5. The average molecular weight is 386 g/mol. The number of thiophene rings is 1. The molecule has 0 aliphatic carbocycles. The number of nitrogens with two attached hydrogens (primary N) is 1. The van der Waals surface area contributed by atoms with Crippen molar-refractivity contribution in [3.8, 4) is 16.2 Å². The van der Waals surface area contributed by atoms with Crippen molar-refractivity contribution in [1.29, 1.82) is 0 Å². The van der Waals surface area contributed by atoms with Gasteiger partial charge in [0.1, 0.15) is 11.6 Å². The van der Waals surface area contributed by atoms with E-state index in [-0.39, 0.29) is 5.91 Å². The van der Waals surface area contributed by atoms with Crippen LogP contribution in [0.2, 0.25) is 5.02 Å². The number of rotatable bonds is 2. The van der Waals surface area contributed by atoms with E-state index in [9.17, 15) is 4.79 Å². The first-order chi connectivity index (χ1) is 12.5. The van der Waals surface area contributed by atoms with Crippen LogP contribution in [0.3, 0.4) is 0 Å². The number of hydrogen-bond acceptors (Lipinski definition) is 5. The number of benzene rings is 1. The Kier molecular flexibility index (Phi) is 4.30. The molecule has 4 rings (SSSR count). The van der Waals surface area contributed by atoms with Gasteiger partial charge in [0.05, 0.1) is 27.8 Å². The predicted octanol–water partition coefficient (Wildman–Crippen LogP) is 4.26. The molecule has 0 bridgehead atoms. The number of pyridine rings is 1. The maximum absolute atomic E-state index is 13.0. The molecular weight excluding hydrogens is 370 g/mol. The zero-order chi connectivity index (χ0) is 18.3. The number of para-hydroxylation sites is 1. The van der Waals surface area contributed by atoms with E-state index in [0.717, 1.165) is 22.4 Å². The molecule has 5 nitrogen and oxygen atoms in total. The fourth-order valence-corrected chi connectivity index (χ4v) is 4.42. The third-order valence-electron chi connectivity index (χ3n) is 4.30. The van der Waals surface area contributed by atoms with Gasteiger partial charge in [-0.3, -0.25) is 4.79 Å². The third kappa shape index (κ3) is 2.91. The van der Waals surface area contributed by atoms with Crippen LogP contribution in [0.4, 0.5) is 11.5 Å². The summed E-state index contributed by atoms with van der Waals surface area (Å²) in [4.78, 5) is 20.4. The Morgan fingerprint density at radius 3 is 2.96 bits per heavy atom. The summed E-state index contributed by atoms with van der Waals surface area (Å²) in [6, 6.07) is 11.0. The first kappa shape index (κ1) is 16.9. The van der Waals surface area contributed by atoms with E-state index in [1.54, 1.807) is 30.3 Å². The smallest absolute Gasteiger partial charge is 0.268 e. The summed E-state index contributed by atoms with van der Waals surface area (Å²) in [6.45, 7) is 0.536. The summed E-state index contributed by atoms with van der Waals surface area (Å²) in [5, 5.41) is 0.542. The number of carbonyl (C=O) groups excluding carboxylic acids is 1. The van der Waals surface area contributed by atoms with E-state index in [4.69, 9.17) is 22.1 Å². The number of fused-ring (bicyclic) bond motifs is 3. The summed E-state index contributed by atoms with van der Waals surface area (Å²) in [5.74, 6) is 1.03. The van der Waals surface area contributed by atoms with Crippen molar-refractivity contribution in [1.82, 2.24) is 4.98 Å². The van der Waals surface area contributed by atoms with Gasteiger partial charge < -0.3 is 15.4 Å². The number of nitrogens with zero attached hydrogens (tertiary/aromatic N) is 2.